The van der Waals surface area contributed by atoms with Gasteiger partial charge in [-0.3, -0.25) is 4.79 Å². The van der Waals surface area contributed by atoms with Crippen molar-refractivity contribution in [1.82, 2.24) is 4.90 Å². The van der Waals surface area contributed by atoms with Crippen molar-refractivity contribution in [2.45, 2.75) is 12.8 Å². The van der Waals surface area contributed by atoms with Gasteiger partial charge in [0.25, 0.3) is 5.91 Å². The molecule has 0 bridgehead atoms. The van der Waals surface area contributed by atoms with Gasteiger partial charge in [0.1, 0.15) is 5.75 Å². The Kier molecular flexibility index (Phi) is 5.86. The van der Waals surface area contributed by atoms with E-state index in [4.69, 9.17) is 21.0 Å². The van der Waals surface area contributed by atoms with Crippen LogP contribution in [-0.2, 0) is 0 Å². The number of amides is 1. The van der Waals surface area contributed by atoms with Crippen LogP contribution in [0.1, 0.15) is 23.2 Å². The average Bonchev–Trinajstić information content (AvgIpc) is 2.47. The fraction of sp³-hybridized carbons (Fsp3) is 0.357. The summed E-state index contributed by atoms with van der Waals surface area (Å²) in [6, 6.07) is 8.74. The van der Waals surface area contributed by atoms with Crippen LogP contribution in [0, 0.1) is 22.7 Å². The minimum atomic E-state index is -0.242. The van der Waals surface area contributed by atoms with Crippen LogP contribution < -0.4 is 10.5 Å². The minimum Gasteiger partial charge on any atom is -0.495 e. The quantitative estimate of drug-likeness (QED) is 0.791. The van der Waals surface area contributed by atoms with Gasteiger partial charge in [-0.15, -0.1) is 0 Å². The normalized spacial score (nSPS) is 9.35. The molecule has 0 atom stereocenters. The van der Waals surface area contributed by atoms with Gasteiger partial charge in [-0.2, -0.15) is 10.5 Å². The summed E-state index contributed by atoms with van der Waals surface area (Å²) in [7, 11) is 1.48. The van der Waals surface area contributed by atoms with Crippen molar-refractivity contribution in [2.75, 3.05) is 25.9 Å². The number of hydrogen-bond donors (Lipinski definition) is 1. The lowest BCUT2D eigenvalue weighted by molar-refractivity contribution is 0.0762. The van der Waals surface area contributed by atoms with Crippen molar-refractivity contribution in [3.63, 3.8) is 0 Å². The van der Waals surface area contributed by atoms with Crippen LogP contribution >= 0.6 is 0 Å². The highest BCUT2D eigenvalue weighted by molar-refractivity contribution is 5.95. The Hall–Kier alpha value is -2.73. The number of ether oxygens (including phenoxy) is 1. The number of carbonyl (C=O) groups is 1. The van der Waals surface area contributed by atoms with E-state index >= 15 is 0 Å². The van der Waals surface area contributed by atoms with Gasteiger partial charge in [-0.05, 0) is 18.2 Å². The second-order valence-electron chi connectivity index (χ2n) is 4.07. The predicted octanol–water partition coefficient (Wildman–Crippen LogP) is 1.55. The van der Waals surface area contributed by atoms with Crippen molar-refractivity contribution in [3.8, 4) is 17.9 Å². The Balaban J connectivity index is 2.93. The summed E-state index contributed by atoms with van der Waals surface area (Å²) in [4.78, 5) is 13.8. The number of rotatable bonds is 6. The third kappa shape index (κ3) is 3.89. The topological polar surface area (TPSA) is 103 Å². The molecule has 0 aromatic heterocycles. The summed E-state index contributed by atoms with van der Waals surface area (Å²) in [5, 5.41) is 17.2. The number of carbonyl (C=O) groups excluding carboxylic acids is 1. The van der Waals surface area contributed by atoms with Gasteiger partial charge in [0.05, 0.1) is 37.8 Å². The van der Waals surface area contributed by atoms with Crippen LogP contribution in [0.15, 0.2) is 18.2 Å². The van der Waals surface area contributed by atoms with Crippen LogP contribution in [0.3, 0.4) is 0 Å². The lowest BCUT2D eigenvalue weighted by Crippen LogP contribution is -2.32. The highest BCUT2D eigenvalue weighted by Crippen LogP contribution is 2.23. The van der Waals surface area contributed by atoms with Gasteiger partial charge >= 0.3 is 0 Å². The number of nitriles is 2. The molecule has 0 aliphatic rings. The Morgan fingerprint density at radius 2 is 1.90 bits per heavy atom. The van der Waals surface area contributed by atoms with Crippen LogP contribution in [0.2, 0.25) is 0 Å². The van der Waals surface area contributed by atoms with E-state index in [9.17, 15) is 4.79 Å². The van der Waals surface area contributed by atoms with Gasteiger partial charge in [-0.1, -0.05) is 0 Å². The van der Waals surface area contributed by atoms with E-state index in [1.807, 2.05) is 12.1 Å². The standard InChI is InChI=1S/C14H16N4O2/c1-20-13-10-11(4-5-12(13)17)14(19)18(8-2-6-15)9-3-7-16/h4-5,10H,2-3,8-9,17H2,1H3. The first-order valence-corrected chi connectivity index (χ1v) is 6.10. The number of benzene rings is 1. The SMILES string of the molecule is COc1cc(C(=O)N(CCC#N)CCC#N)ccc1N. The number of nitrogen functional groups attached to an aromatic ring is 1. The van der Waals surface area contributed by atoms with E-state index in [0.29, 0.717) is 30.1 Å². The largest absolute Gasteiger partial charge is 0.495 e. The fourth-order valence-electron chi connectivity index (χ4n) is 1.71. The molecule has 0 saturated heterocycles. The summed E-state index contributed by atoms with van der Waals surface area (Å²) in [6.45, 7) is 0.591. The second-order valence-corrected chi connectivity index (χ2v) is 4.07. The summed E-state index contributed by atoms with van der Waals surface area (Å²) in [5.41, 5.74) is 6.57. The first-order valence-electron chi connectivity index (χ1n) is 6.10. The second kappa shape index (κ2) is 7.65. The highest BCUT2D eigenvalue weighted by Gasteiger charge is 2.16. The van der Waals surface area contributed by atoms with Crippen molar-refractivity contribution in [3.05, 3.63) is 23.8 Å². The van der Waals surface area contributed by atoms with Gasteiger partial charge in [0, 0.05) is 18.7 Å². The highest BCUT2D eigenvalue weighted by atomic mass is 16.5. The third-order valence-corrected chi connectivity index (χ3v) is 2.75. The summed E-state index contributed by atoms with van der Waals surface area (Å²) < 4.78 is 5.08. The molecule has 0 aliphatic heterocycles. The van der Waals surface area contributed by atoms with Crippen molar-refractivity contribution in [1.29, 1.82) is 10.5 Å². The molecule has 0 unspecified atom stereocenters. The number of methoxy groups -OCH3 is 1. The van der Waals surface area contributed by atoms with Crippen LogP contribution in [0.5, 0.6) is 5.75 Å². The molecule has 6 heteroatoms. The lowest BCUT2D eigenvalue weighted by Gasteiger charge is -2.20. The Morgan fingerprint density at radius 3 is 2.40 bits per heavy atom. The molecule has 1 amide bonds. The molecule has 1 aromatic rings. The van der Waals surface area contributed by atoms with E-state index < -0.39 is 0 Å². The maximum atomic E-state index is 12.3. The van der Waals surface area contributed by atoms with Gasteiger partial charge in [0.2, 0.25) is 0 Å². The molecule has 104 valence electrons. The molecule has 0 heterocycles. The number of nitrogens with zero attached hydrogens (tertiary/aromatic N) is 3. The van der Waals surface area contributed by atoms with Crippen molar-refractivity contribution in [2.24, 2.45) is 0 Å². The zero-order chi connectivity index (χ0) is 15.0. The van der Waals surface area contributed by atoms with E-state index in [1.54, 1.807) is 18.2 Å². The van der Waals surface area contributed by atoms with Crippen LogP contribution in [0.25, 0.3) is 0 Å². The maximum Gasteiger partial charge on any atom is 0.254 e. The van der Waals surface area contributed by atoms with Crippen molar-refractivity contribution < 1.29 is 9.53 Å². The average molecular weight is 272 g/mol. The lowest BCUT2D eigenvalue weighted by atomic mass is 10.1. The zero-order valence-corrected chi connectivity index (χ0v) is 11.3. The number of anilines is 1. The molecule has 2 N–H and O–H groups in total. The smallest absolute Gasteiger partial charge is 0.254 e. The Bertz CT molecular complexity index is 539. The molecule has 1 aromatic carbocycles. The molecule has 0 aliphatic carbocycles. The molecule has 0 fully saturated rings. The molecule has 0 radical (unpaired) electrons. The molecule has 0 spiro atoms. The molecular formula is C14H16N4O2. The maximum absolute atomic E-state index is 12.3. The van der Waals surface area contributed by atoms with Crippen LogP contribution in [0.4, 0.5) is 5.69 Å². The van der Waals surface area contributed by atoms with Gasteiger partial charge in [-0.25, -0.2) is 0 Å². The monoisotopic (exact) mass is 272 g/mol. The number of nitrogens with two attached hydrogens (primary N) is 1. The van der Waals surface area contributed by atoms with Crippen molar-refractivity contribution >= 4 is 11.6 Å². The number of hydrogen-bond acceptors (Lipinski definition) is 5. The van der Waals surface area contributed by atoms with E-state index in [0.717, 1.165) is 0 Å². The fourth-order valence-corrected chi connectivity index (χ4v) is 1.71. The van der Waals surface area contributed by atoms with E-state index in [1.165, 1.54) is 12.0 Å². The summed E-state index contributed by atoms with van der Waals surface area (Å²) >= 11 is 0. The Morgan fingerprint density at radius 1 is 1.30 bits per heavy atom. The molecule has 1 rings (SSSR count). The van der Waals surface area contributed by atoms with E-state index in [-0.39, 0.29) is 18.7 Å². The molecule has 0 saturated carbocycles. The zero-order valence-electron chi connectivity index (χ0n) is 11.3. The predicted molar refractivity (Wildman–Crippen MR) is 73.8 cm³/mol. The minimum absolute atomic E-state index is 0.225. The first-order chi connectivity index (χ1) is 9.63. The van der Waals surface area contributed by atoms with Gasteiger partial charge < -0.3 is 15.4 Å². The van der Waals surface area contributed by atoms with Gasteiger partial charge in [0.15, 0.2) is 0 Å². The van der Waals surface area contributed by atoms with E-state index in [2.05, 4.69) is 0 Å². The first kappa shape index (κ1) is 15.3. The van der Waals surface area contributed by atoms with Crippen LogP contribution in [-0.4, -0.2) is 31.0 Å². The summed E-state index contributed by atoms with van der Waals surface area (Å²) in [5.74, 6) is 0.185. The molecule has 6 nitrogen and oxygen atoms in total. The summed E-state index contributed by atoms with van der Waals surface area (Å²) in [6.07, 6.45) is 0.451. The molecular weight excluding hydrogens is 256 g/mol. The third-order valence-electron chi connectivity index (χ3n) is 2.75. The molecule has 20 heavy (non-hydrogen) atoms. The Labute approximate surface area is 118 Å².